The fourth-order valence-corrected chi connectivity index (χ4v) is 2.33. The van der Waals surface area contributed by atoms with Gasteiger partial charge >= 0.3 is 0 Å². The molecule has 3 rings (SSSR count). The van der Waals surface area contributed by atoms with E-state index < -0.39 is 0 Å². The van der Waals surface area contributed by atoms with Crippen molar-refractivity contribution in [1.29, 1.82) is 0 Å². The Morgan fingerprint density at radius 1 is 1.23 bits per heavy atom. The molecule has 112 valence electrons. The fourth-order valence-electron chi connectivity index (χ4n) is 2.33. The number of ether oxygens (including phenoxy) is 1. The lowest BCUT2D eigenvalue weighted by Crippen LogP contribution is -2.28. The molecule has 22 heavy (non-hydrogen) atoms. The Bertz CT molecular complexity index is 674. The smallest absolute Gasteiger partial charge is 0.224 e. The van der Waals surface area contributed by atoms with Crippen LogP contribution in [0.2, 0.25) is 0 Å². The van der Waals surface area contributed by atoms with Crippen LogP contribution in [0.25, 0.3) is 0 Å². The number of benzene rings is 1. The van der Waals surface area contributed by atoms with Crippen LogP contribution < -0.4 is 5.32 Å². The lowest BCUT2D eigenvalue weighted by molar-refractivity contribution is -0.120. The van der Waals surface area contributed by atoms with Gasteiger partial charge in [0.25, 0.3) is 0 Å². The highest BCUT2D eigenvalue weighted by molar-refractivity contribution is 6.19. The van der Waals surface area contributed by atoms with Crippen molar-refractivity contribution in [2.24, 2.45) is 4.99 Å². The maximum absolute atomic E-state index is 11.8. The minimum Gasteiger partial charge on any atom is -0.466 e. The van der Waals surface area contributed by atoms with Crippen LogP contribution >= 0.6 is 0 Å². The summed E-state index contributed by atoms with van der Waals surface area (Å²) in [6, 6.07) is 9.59. The van der Waals surface area contributed by atoms with Gasteiger partial charge in [-0.3, -0.25) is 9.59 Å². The summed E-state index contributed by atoms with van der Waals surface area (Å²) in [5.74, 6) is 0.405. The molecule has 5 heteroatoms. The van der Waals surface area contributed by atoms with E-state index in [-0.39, 0.29) is 17.9 Å². The van der Waals surface area contributed by atoms with Crippen LogP contribution in [0.1, 0.15) is 12.0 Å². The van der Waals surface area contributed by atoms with E-state index in [9.17, 15) is 9.59 Å². The number of aliphatic imine (C=N–C) groups is 1. The lowest BCUT2D eigenvalue weighted by atomic mass is 10.1. The summed E-state index contributed by atoms with van der Waals surface area (Å²) in [5.41, 5.74) is 1.68. The Kier molecular flexibility index (Phi) is 4.14. The molecule has 5 nitrogen and oxygen atoms in total. The van der Waals surface area contributed by atoms with Gasteiger partial charge in [-0.25, -0.2) is 4.99 Å². The number of ketones is 1. The van der Waals surface area contributed by atoms with Crippen molar-refractivity contribution >= 4 is 17.4 Å². The Balaban J connectivity index is 1.44. The van der Waals surface area contributed by atoms with Crippen molar-refractivity contribution < 1.29 is 14.3 Å². The largest absolute Gasteiger partial charge is 0.466 e. The molecule has 1 aromatic carbocycles. The summed E-state index contributed by atoms with van der Waals surface area (Å²) < 4.78 is 5.57. The highest BCUT2D eigenvalue weighted by Crippen LogP contribution is 2.21. The molecule has 1 amide bonds. The topological polar surface area (TPSA) is 67.8 Å². The molecule has 1 atom stereocenters. The van der Waals surface area contributed by atoms with Crippen LogP contribution in [0.5, 0.6) is 0 Å². The Labute approximate surface area is 128 Å². The third-order valence-electron chi connectivity index (χ3n) is 3.40. The van der Waals surface area contributed by atoms with Gasteiger partial charge in [0.15, 0.2) is 17.8 Å². The predicted molar refractivity (Wildman–Crippen MR) is 82.3 cm³/mol. The average molecular weight is 296 g/mol. The van der Waals surface area contributed by atoms with E-state index in [1.807, 2.05) is 30.3 Å². The standard InChI is InChI=1S/C17H16N2O3/c20-13-6-7-14-15(11-13)22-17(19-14)8-9-18-16(21)10-12-4-2-1-3-5-12/h1-7,11,17H,8-10H2,(H,18,21). The number of carbonyl (C=O) groups excluding carboxylic acids is 2. The zero-order valence-electron chi connectivity index (χ0n) is 12.0. The number of nitrogens with zero attached hydrogens (tertiary/aromatic N) is 1. The van der Waals surface area contributed by atoms with Crippen molar-refractivity contribution in [1.82, 2.24) is 5.32 Å². The van der Waals surface area contributed by atoms with Gasteiger partial charge in [0, 0.05) is 19.0 Å². The van der Waals surface area contributed by atoms with Gasteiger partial charge in [-0.1, -0.05) is 30.3 Å². The summed E-state index contributed by atoms with van der Waals surface area (Å²) >= 11 is 0. The third-order valence-corrected chi connectivity index (χ3v) is 3.40. The first-order valence-corrected chi connectivity index (χ1v) is 7.20. The maximum atomic E-state index is 11.8. The molecule has 0 fully saturated rings. The van der Waals surface area contributed by atoms with E-state index >= 15 is 0 Å². The minimum atomic E-state index is -0.339. The molecular formula is C17H16N2O3. The van der Waals surface area contributed by atoms with E-state index in [0.29, 0.717) is 30.9 Å². The van der Waals surface area contributed by atoms with Crippen LogP contribution in [0.4, 0.5) is 0 Å². The van der Waals surface area contributed by atoms with Crippen LogP contribution in [0.3, 0.4) is 0 Å². The van der Waals surface area contributed by atoms with Crippen LogP contribution in [-0.4, -0.2) is 30.2 Å². The van der Waals surface area contributed by atoms with Gasteiger partial charge < -0.3 is 10.1 Å². The third kappa shape index (κ3) is 3.49. The Morgan fingerprint density at radius 2 is 2.05 bits per heavy atom. The van der Waals surface area contributed by atoms with Crippen molar-refractivity contribution in [3.8, 4) is 0 Å². The molecule has 2 aliphatic rings. The number of carbonyl (C=O) groups is 2. The van der Waals surface area contributed by atoms with Crippen molar-refractivity contribution in [2.75, 3.05) is 6.54 Å². The number of amides is 1. The van der Waals surface area contributed by atoms with Crippen molar-refractivity contribution in [3.63, 3.8) is 0 Å². The molecule has 0 saturated heterocycles. The van der Waals surface area contributed by atoms with Crippen LogP contribution in [0, 0.1) is 0 Å². The van der Waals surface area contributed by atoms with Gasteiger partial charge in [-0.05, 0) is 17.7 Å². The highest BCUT2D eigenvalue weighted by atomic mass is 16.5. The quantitative estimate of drug-likeness (QED) is 0.838. The minimum absolute atomic E-state index is 0.0245. The number of rotatable bonds is 5. The molecule has 1 aliphatic carbocycles. The second-order valence-electron chi connectivity index (χ2n) is 5.13. The number of hydrogen-bond acceptors (Lipinski definition) is 4. The molecule has 1 aromatic rings. The van der Waals surface area contributed by atoms with Gasteiger partial charge in [0.05, 0.1) is 6.42 Å². The average Bonchev–Trinajstić information content (AvgIpc) is 2.90. The van der Waals surface area contributed by atoms with E-state index in [1.54, 1.807) is 6.08 Å². The monoisotopic (exact) mass is 296 g/mol. The summed E-state index contributed by atoms with van der Waals surface area (Å²) in [4.78, 5) is 27.4. The molecule has 0 saturated carbocycles. The first kappa shape index (κ1) is 14.3. The molecule has 1 unspecified atom stereocenters. The summed E-state index contributed by atoms with van der Waals surface area (Å²) in [7, 11) is 0. The van der Waals surface area contributed by atoms with Crippen molar-refractivity contribution in [3.05, 3.63) is 59.9 Å². The van der Waals surface area contributed by atoms with E-state index in [1.165, 1.54) is 12.2 Å². The number of nitrogens with one attached hydrogen (secondary N) is 1. The number of allylic oxidation sites excluding steroid dienone is 3. The zero-order valence-corrected chi connectivity index (χ0v) is 12.0. The number of hydrogen-bond donors (Lipinski definition) is 1. The second-order valence-corrected chi connectivity index (χ2v) is 5.13. The second kappa shape index (κ2) is 6.39. The first-order valence-electron chi connectivity index (χ1n) is 7.20. The Hall–Kier alpha value is -2.69. The number of fused-ring (bicyclic) bond motifs is 1. The molecular weight excluding hydrogens is 280 g/mol. The summed E-state index contributed by atoms with van der Waals surface area (Å²) in [5, 5.41) is 2.86. The SMILES string of the molecule is O=C1C=CC2=NC(CCNC(=O)Cc3ccccc3)OC2=C1. The molecule has 0 aromatic heterocycles. The van der Waals surface area contributed by atoms with Gasteiger partial charge in [0.1, 0.15) is 5.71 Å². The normalized spacial score (nSPS) is 19.1. The van der Waals surface area contributed by atoms with Crippen molar-refractivity contribution in [2.45, 2.75) is 19.1 Å². The molecule has 0 radical (unpaired) electrons. The lowest BCUT2D eigenvalue weighted by Gasteiger charge is -2.10. The van der Waals surface area contributed by atoms with Gasteiger partial charge in [-0.15, -0.1) is 0 Å². The van der Waals surface area contributed by atoms with Gasteiger partial charge in [-0.2, -0.15) is 0 Å². The van der Waals surface area contributed by atoms with Crippen LogP contribution in [0.15, 0.2) is 59.3 Å². The molecule has 1 aliphatic heterocycles. The van der Waals surface area contributed by atoms with Crippen LogP contribution in [-0.2, 0) is 20.7 Å². The maximum Gasteiger partial charge on any atom is 0.224 e. The van der Waals surface area contributed by atoms with Gasteiger partial charge in [0.2, 0.25) is 5.91 Å². The molecule has 0 spiro atoms. The summed E-state index contributed by atoms with van der Waals surface area (Å²) in [6.45, 7) is 0.484. The first-order chi connectivity index (χ1) is 10.7. The summed E-state index contributed by atoms with van der Waals surface area (Å²) in [6.07, 6.45) is 5.16. The molecule has 1 heterocycles. The van der Waals surface area contributed by atoms with E-state index in [4.69, 9.17) is 4.74 Å². The zero-order chi connectivity index (χ0) is 15.4. The predicted octanol–water partition coefficient (Wildman–Crippen LogP) is 1.56. The molecule has 0 bridgehead atoms. The van der Waals surface area contributed by atoms with E-state index in [2.05, 4.69) is 10.3 Å². The van der Waals surface area contributed by atoms with E-state index in [0.717, 1.165) is 5.56 Å². The fraction of sp³-hybridized carbons (Fsp3) is 0.235. The highest BCUT2D eigenvalue weighted by Gasteiger charge is 2.24. The Morgan fingerprint density at radius 3 is 2.86 bits per heavy atom. The molecule has 1 N–H and O–H groups in total.